The summed E-state index contributed by atoms with van der Waals surface area (Å²) < 4.78 is 41.2. The van der Waals surface area contributed by atoms with Crippen molar-refractivity contribution in [1.29, 1.82) is 5.26 Å². The van der Waals surface area contributed by atoms with Crippen LogP contribution < -0.4 is 4.74 Å². The van der Waals surface area contributed by atoms with E-state index in [4.69, 9.17) is 5.26 Å². The second-order valence-electron chi connectivity index (χ2n) is 3.88. The van der Waals surface area contributed by atoms with Gasteiger partial charge in [0.1, 0.15) is 5.75 Å². The fraction of sp³-hybridized carbons (Fsp3) is 0.364. The van der Waals surface area contributed by atoms with Crippen molar-refractivity contribution in [3.05, 3.63) is 28.2 Å². The maximum absolute atomic E-state index is 12.2. The standard InChI is InChI=1S/C11H7BrF3NO/c12-7-1-2-9(17-11(13,14)15)8(5-7)10(6-16)3-4-10/h1-2,5H,3-4H2. The molecule has 6 heteroatoms. The number of halogens is 4. The first-order valence-corrected chi connectivity index (χ1v) is 5.63. The van der Waals surface area contributed by atoms with E-state index in [1.165, 1.54) is 18.2 Å². The Morgan fingerprint density at radius 3 is 2.47 bits per heavy atom. The molecule has 0 aliphatic heterocycles. The lowest BCUT2D eigenvalue weighted by molar-refractivity contribution is -0.275. The summed E-state index contributed by atoms with van der Waals surface area (Å²) in [5.41, 5.74) is -0.517. The average Bonchev–Trinajstić information content (AvgIpc) is 2.99. The summed E-state index contributed by atoms with van der Waals surface area (Å²) in [5, 5.41) is 9.02. The van der Waals surface area contributed by atoms with Crippen LogP contribution in [0.3, 0.4) is 0 Å². The highest BCUT2D eigenvalue weighted by Crippen LogP contribution is 2.51. The highest BCUT2D eigenvalue weighted by molar-refractivity contribution is 9.10. The van der Waals surface area contributed by atoms with Crippen LogP contribution in [0.5, 0.6) is 5.75 Å². The summed E-state index contributed by atoms with van der Waals surface area (Å²) in [7, 11) is 0. The van der Waals surface area contributed by atoms with Gasteiger partial charge in [-0.2, -0.15) is 5.26 Å². The van der Waals surface area contributed by atoms with Crippen LogP contribution in [0.2, 0.25) is 0 Å². The second-order valence-corrected chi connectivity index (χ2v) is 4.80. The van der Waals surface area contributed by atoms with Gasteiger partial charge >= 0.3 is 6.36 Å². The first-order chi connectivity index (χ1) is 7.86. The molecule has 0 spiro atoms. The molecule has 2 nitrogen and oxygen atoms in total. The van der Waals surface area contributed by atoms with Crippen molar-refractivity contribution in [2.45, 2.75) is 24.6 Å². The normalized spacial score (nSPS) is 17.4. The number of ether oxygens (including phenoxy) is 1. The van der Waals surface area contributed by atoms with Gasteiger partial charge in [-0.3, -0.25) is 0 Å². The zero-order chi connectivity index (χ0) is 12.7. The van der Waals surface area contributed by atoms with Crippen LogP contribution in [0.4, 0.5) is 13.2 Å². The van der Waals surface area contributed by atoms with Gasteiger partial charge in [0.2, 0.25) is 0 Å². The number of benzene rings is 1. The van der Waals surface area contributed by atoms with Crippen LogP contribution in [0.1, 0.15) is 18.4 Å². The Morgan fingerprint density at radius 1 is 1.35 bits per heavy atom. The van der Waals surface area contributed by atoms with E-state index < -0.39 is 11.8 Å². The third-order valence-corrected chi connectivity index (χ3v) is 3.14. The Balaban J connectivity index is 2.43. The maximum atomic E-state index is 12.2. The monoisotopic (exact) mass is 305 g/mol. The Hall–Kier alpha value is -1.22. The summed E-state index contributed by atoms with van der Waals surface area (Å²) in [4.78, 5) is 0. The van der Waals surface area contributed by atoms with Crippen LogP contribution in [0.15, 0.2) is 22.7 Å². The molecule has 1 aromatic carbocycles. The van der Waals surface area contributed by atoms with E-state index in [0.29, 0.717) is 22.9 Å². The zero-order valence-electron chi connectivity index (χ0n) is 8.51. The van der Waals surface area contributed by atoms with Crippen LogP contribution in [-0.2, 0) is 5.41 Å². The van der Waals surface area contributed by atoms with Crippen molar-refractivity contribution in [1.82, 2.24) is 0 Å². The molecule has 0 N–H and O–H groups in total. The van der Waals surface area contributed by atoms with Gasteiger partial charge in [0, 0.05) is 10.0 Å². The molecular formula is C11H7BrF3NO. The fourth-order valence-corrected chi connectivity index (χ4v) is 2.02. The molecule has 1 saturated carbocycles. The lowest BCUT2D eigenvalue weighted by Gasteiger charge is -2.16. The van der Waals surface area contributed by atoms with Gasteiger partial charge in [0.15, 0.2) is 0 Å². The Kier molecular flexibility index (Phi) is 2.82. The van der Waals surface area contributed by atoms with E-state index in [1.807, 2.05) is 0 Å². The van der Waals surface area contributed by atoms with Crippen molar-refractivity contribution in [3.63, 3.8) is 0 Å². The molecule has 1 aromatic rings. The Bertz CT molecular complexity index is 488. The van der Waals surface area contributed by atoms with E-state index in [2.05, 4.69) is 26.7 Å². The molecule has 1 fully saturated rings. The van der Waals surface area contributed by atoms with E-state index >= 15 is 0 Å². The highest BCUT2D eigenvalue weighted by Gasteiger charge is 2.48. The first kappa shape index (κ1) is 12.2. The molecule has 0 radical (unpaired) electrons. The summed E-state index contributed by atoms with van der Waals surface area (Å²) in [6.07, 6.45) is -3.61. The minimum Gasteiger partial charge on any atom is -0.405 e. The molecule has 0 bridgehead atoms. The lowest BCUT2D eigenvalue weighted by Crippen LogP contribution is -2.19. The summed E-state index contributed by atoms with van der Waals surface area (Å²) in [6, 6.07) is 6.25. The number of hydrogen-bond donors (Lipinski definition) is 0. The number of rotatable bonds is 2. The fourth-order valence-electron chi connectivity index (χ4n) is 1.66. The average molecular weight is 306 g/mol. The zero-order valence-corrected chi connectivity index (χ0v) is 10.1. The predicted molar refractivity (Wildman–Crippen MR) is 57.4 cm³/mol. The van der Waals surface area contributed by atoms with E-state index in [9.17, 15) is 13.2 Å². The number of nitrogens with zero attached hydrogens (tertiary/aromatic N) is 1. The minimum atomic E-state index is -4.74. The van der Waals surface area contributed by atoms with Gasteiger partial charge in [-0.05, 0) is 31.0 Å². The number of alkyl halides is 3. The molecule has 1 aliphatic carbocycles. The molecule has 0 saturated heterocycles. The summed E-state index contributed by atoms with van der Waals surface area (Å²) in [6.45, 7) is 0. The molecule has 0 aromatic heterocycles. The smallest absolute Gasteiger partial charge is 0.405 e. The number of nitriles is 1. The van der Waals surface area contributed by atoms with Gasteiger partial charge in [-0.15, -0.1) is 13.2 Å². The SMILES string of the molecule is N#CC1(c2cc(Br)ccc2OC(F)(F)F)CC1. The molecule has 0 amide bonds. The van der Waals surface area contributed by atoms with Gasteiger partial charge in [-0.1, -0.05) is 15.9 Å². The van der Waals surface area contributed by atoms with E-state index in [-0.39, 0.29) is 5.75 Å². The van der Waals surface area contributed by atoms with Crippen LogP contribution in [0, 0.1) is 11.3 Å². The van der Waals surface area contributed by atoms with Gasteiger partial charge < -0.3 is 4.74 Å². The Labute approximate surface area is 104 Å². The van der Waals surface area contributed by atoms with Crippen molar-refractivity contribution in [2.75, 3.05) is 0 Å². The number of hydrogen-bond acceptors (Lipinski definition) is 2. The molecule has 2 rings (SSSR count). The summed E-state index contributed by atoms with van der Waals surface area (Å²) >= 11 is 3.18. The molecule has 17 heavy (non-hydrogen) atoms. The first-order valence-electron chi connectivity index (χ1n) is 4.83. The highest BCUT2D eigenvalue weighted by atomic mass is 79.9. The largest absolute Gasteiger partial charge is 0.573 e. The molecule has 0 heterocycles. The van der Waals surface area contributed by atoms with Crippen molar-refractivity contribution in [2.24, 2.45) is 0 Å². The maximum Gasteiger partial charge on any atom is 0.573 e. The second kappa shape index (κ2) is 3.91. The third-order valence-electron chi connectivity index (χ3n) is 2.65. The minimum absolute atomic E-state index is 0.292. The molecule has 1 aliphatic rings. The van der Waals surface area contributed by atoms with Crippen LogP contribution in [-0.4, -0.2) is 6.36 Å². The van der Waals surface area contributed by atoms with Gasteiger partial charge in [0.05, 0.1) is 11.5 Å². The van der Waals surface area contributed by atoms with Gasteiger partial charge in [-0.25, -0.2) is 0 Å². The van der Waals surface area contributed by atoms with Gasteiger partial charge in [0.25, 0.3) is 0 Å². The van der Waals surface area contributed by atoms with E-state index in [0.717, 1.165) is 0 Å². The lowest BCUT2D eigenvalue weighted by atomic mass is 9.97. The van der Waals surface area contributed by atoms with Crippen molar-refractivity contribution >= 4 is 15.9 Å². The van der Waals surface area contributed by atoms with Crippen molar-refractivity contribution < 1.29 is 17.9 Å². The topological polar surface area (TPSA) is 33.0 Å². The predicted octanol–water partition coefficient (Wildman–Crippen LogP) is 3.90. The van der Waals surface area contributed by atoms with E-state index in [1.54, 1.807) is 0 Å². The molecule has 90 valence electrons. The van der Waals surface area contributed by atoms with Crippen LogP contribution >= 0.6 is 15.9 Å². The molecule has 0 unspecified atom stereocenters. The molecule has 0 atom stereocenters. The molecular weight excluding hydrogens is 299 g/mol. The quantitative estimate of drug-likeness (QED) is 0.830. The Morgan fingerprint density at radius 2 is 2.00 bits per heavy atom. The summed E-state index contributed by atoms with van der Waals surface area (Å²) in [5.74, 6) is -0.292. The van der Waals surface area contributed by atoms with Crippen LogP contribution in [0.25, 0.3) is 0 Å². The van der Waals surface area contributed by atoms with Crippen molar-refractivity contribution in [3.8, 4) is 11.8 Å². The third kappa shape index (κ3) is 2.55.